The smallest absolute Gasteiger partial charge is 0.154 e. The minimum Gasteiger partial charge on any atom is -0.366 e. The van der Waals surface area contributed by atoms with Crippen LogP contribution in [-0.2, 0) is 13.6 Å². The van der Waals surface area contributed by atoms with Gasteiger partial charge in [0.15, 0.2) is 5.82 Å². The van der Waals surface area contributed by atoms with Gasteiger partial charge >= 0.3 is 0 Å². The predicted octanol–water partition coefficient (Wildman–Crippen LogP) is 1.28. The van der Waals surface area contributed by atoms with E-state index >= 15 is 0 Å². The lowest BCUT2D eigenvalue weighted by molar-refractivity contribution is 0.637. The van der Waals surface area contributed by atoms with Crippen molar-refractivity contribution in [2.75, 3.05) is 11.9 Å². The molecule has 0 bridgehead atoms. The summed E-state index contributed by atoms with van der Waals surface area (Å²) in [4.78, 5) is 8.67. The van der Waals surface area contributed by atoms with Crippen LogP contribution in [0.3, 0.4) is 0 Å². The van der Waals surface area contributed by atoms with E-state index in [0.29, 0.717) is 0 Å². The molecule has 0 aliphatic heterocycles. The standard InChI is InChI=1S/C12H14N6/c1-17-9-15-11-10(17)3-5-13-12(11)14-6-8-18-7-2-4-16-18/h2-5,7,9H,6,8H2,1H3,(H,13,14). The molecule has 3 aromatic heterocycles. The molecular weight excluding hydrogens is 228 g/mol. The average Bonchev–Trinajstić information content (AvgIpc) is 3.01. The maximum absolute atomic E-state index is 4.35. The second-order valence-electron chi connectivity index (χ2n) is 4.08. The summed E-state index contributed by atoms with van der Waals surface area (Å²) in [5, 5.41) is 7.44. The second kappa shape index (κ2) is 4.48. The lowest BCUT2D eigenvalue weighted by Gasteiger charge is -2.06. The summed E-state index contributed by atoms with van der Waals surface area (Å²) in [5.41, 5.74) is 1.98. The van der Waals surface area contributed by atoms with Gasteiger partial charge < -0.3 is 9.88 Å². The lowest BCUT2D eigenvalue weighted by Crippen LogP contribution is -2.11. The van der Waals surface area contributed by atoms with Crippen LogP contribution < -0.4 is 5.32 Å². The van der Waals surface area contributed by atoms with Crippen LogP contribution in [0.15, 0.2) is 37.1 Å². The molecule has 3 rings (SSSR count). The van der Waals surface area contributed by atoms with Gasteiger partial charge in [-0.15, -0.1) is 0 Å². The number of pyridine rings is 1. The van der Waals surface area contributed by atoms with Crippen LogP contribution in [-0.4, -0.2) is 30.9 Å². The number of nitrogens with zero attached hydrogens (tertiary/aromatic N) is 5. The van der Waals surface area contributed by atoms with E-state index in [4.69, 9.17) is 0 Å². The van der Waals surface area contributed by atoms with Crippen molar-refractivity contribution in [3.05, 3.63) is 37.1 Å². The molecule has 0 unspecified atom stereocenters. The summed E-state index contributed by atoms with van der Waals surface area (Å²) in [5.74, 6) is 0.820. The van der Waals surface area contributed by atoms with Crippen LogP contribution in [0, 0.1) is 0 Å². The van der Waals surface area contributed by atoms with Crippen molar-refractivity contribution in [2.24, 2.45) is 7.05 Å². The molecule has 0 aliphatic rings. The normalized spacial score (nSPS) is 10.9. The third-order valence-corrected chi connectivity index (χ3v) is 2.84. The zero-order chi connectivity index (χ0) is 12.4. The van der Waals surface area contributed by atoms with E-state index in [-0.39, 0.29) is 0 Å². The molecular formula is C12H14N6. The number of imidazole rings is 1. The monoisotopic (exact) mass is 242 g/mol. The van der Waals surface area contributed by atoms with E-state index in [2.05, 4.69) is 20.4 Å². The van der Waals surface area contributed by atoms with Crippen LogP contribution in [0.4, 0.5) is 5.82 Å². The molecule has 0 radical (unpaired) electrons. The quantitative estimate of drug-likeness (QED) is 0.748. The first-order valence-electron chi connectivity index (χ1n) is 5.82. The third-order valence-electron chi connectivity index (χ3n) is 2.84. The highest BCUT2D eigenvalue weighted by Gasteiger charge is 2.05. The largest absolute Gasteiger partial charge is 0.366 e. The van der Waals surface area contributed by atoms with Crippen LogP contribution in [0.2, 0.25) is 0 Å². The summed E-state index contributed by atoms with van der Waals surface area (Å²) >= 11 is 0. The number of anilines is 1. The predicted molar refractivity (Wildman–Crippen MR) is 69.2 cm³/mol. The van der Waals surface area contributed by atoms with E-state index in [1.54, 1.807) is 18.7 Å². The first-order valence-corrected chi connectivity index (χ1v) is 5.82. The van der Waals surface area contributed by atoms with Gasteiger partial charge in [-0.1, -0.05) is 0 Å². The van der Waals surface area contributed by atoms with Crippen LogP contribution in [0.1, 0.15) is 0 Å². The van der Waals surface area contributed by atoms with Crippen molar-refractivity contribution in [2.45, 2.75) is 6.54 Å². The number of rotatable bonds is 4. The first-order chi connectivity index (χ1) is 8.84. The number of hydrogen-bond donors (Lipinski definition) is 1. The molecule has 18 heavy (non-hydrogen) atoms. The molecule has 3 heterocycles. The van der Waals surface area contributed by atoms with Gasteiger partial charge in [0.2, 0.25) is 0 Å². The fraction of sp³-hybridized carbons (Fsp3) is 0.250. The SMILES string of the molecule is Cn1cnc2c(NCCn3cccn3)nccc21. The molecule has 0 aromatic carbocycles. The van der Waals surface area contributed by atoms with Gasteiger partial charge in [0.1, 0.15) is 5.52 Å². The van der Waals surface area contributed by atoms with Crippen molar-refractivity contribution in [1.82, 2.24) is 24.3 Å². The van der Waals surface area contributed by atoms with E-state index in [9.17, 15) is 0 Å². The lowest BCUT2D eigenvalue weighted by atomic mass is 10.4. The molecule has 0 fully saturated rings. The van der Waals surface area contributed by atoms with Gasteiger partial charge in [-0.05, 0) is 12.1 Å². The van der Waals surface area contributed by atoms with E-state index in [0.717, 1.165) is 29.9 Å². The minimum atomic E-state index is 0.768. The number of aromatic nitrogens is 5. The number of fused-ring (bicyclic) bond motifs is 1. The molecule has 0 aliphatic carbocycles. The fourth-order valence-electron chi connectivity index (χ4n) is 1.91. The molecule has 1 N–H and O–H groups in total. The van der Waals surface area contributed by atoms with Crippen molar-refractivity contribution in [1.29, 1.82) is 0 Å². The van der Waals surface area contributed by atoms with Gasteiger partial charge in [-0.2, -0.15) is 5.10 Å². The van der Waals surface area contributed by atoms with Crippen molar-refractivity contribution in [3.8, 4) is 0 Å². The topological polar surface area (TPSA) is 60.6 Å². The Balaban J connectivity index is 1.74. The fourth-order valence-corrected chi connectivity index (χ4v) is 1.91. The molecule has 0 saturated carbocycles. The van der Waals surface area contributed by atoms with Crippen molar-refractivity contribution in [3.63, 3.8) is 0 Å². The zero-order valence-corrected chi connectivity index (χ0v) is 10.1. The minimum absolute atomic E-state index is 0.768. The molecule has 0 saturated heterocycles. The molecule has 6 nitrogen and oxygen atoms in total. The van der Waals surface area contributed by atoms with Crippen LogP contribution in [0.5, 0.6) is 0 Å². The number of aryl methyl sites for hydroxylation is 1. The Morgan fingerprint density at radius 3 is 3.06 bits per heavy atom. The van der Waals surface area contributed by atoms with Crippen LogP contribution in [0.25, 0.3) is 11.0 Å². The van der Waals surface area contributed by atoms with Gasteiger partial charge in [0, 0.05) is 32.2 Å². The molecule has 3 aromatic rings. The maximum atomic E-state index is 4.35. The first kappa shape index (κ1) is 10.8. The Morgan fingerprint density at radius 1 is 1.28 bits per heavy atom. The van der Waals surface area contributed by atoms with Gasteiger partial charge in [-0.3, -0.25) is 4.68 Å². The highest BCUT2D eigenvalue weighted by molar-refractivity contribution is 5.85. The highest BCUT2D eigenvalue weighted by atomic mass is 15.3. The zero-order valence-electron chi connectivity index (χ0n) is 10.1. The van der Waals surface area contributed by atoms with E-state index in [1.165, 1.54) is 0 Å². The molecule has 0 atom stereocenters. The van der Waals surface area contributed by atoms with Gasteiger partial charge in [-0.25, -0.2) is 9.97 Å². The number of hydrogen-bond acceptors (Lipinski definition) is 4. The molecule has 6 heteroatoms. The van der Waals surface area contributed by atoms with E-state index in [1.807, 2.05) is 34.6 Å². The van der Waals surface area contributed by atoms with Gasteiger partial charge in [0.25, 0.3) is 0 Å². The summed E-state index contributed by atoms with van der Waals surface area (Å²) in [6.45, 7) is 1.57. The molecule has 0 amide bonds. The number of nitrogens with one attached hydrogen (secondary N) is 1. The Labute approximate surface area is 104 Å². The molecule has 92 valence electrons. The Hall–Kier alpha value is -2.37. The Kier molecular flexibility index (Phi) is 2.68. The maximum Gasteiger partial charge on any atom is 0.154 e. The Morgan fingerprint density at radius 2 is 2.22 bits per heavy atom. The Bertz CT molecular complexity index is 640. The summed E-state index contributed by atoms with van der Waals surface area (Å²) in [6.07, 6.45) is 7.31. The molecule has 0 spiro atoms. The summed E-state index contributed by atoms with van der Waals surface area (Å²) < 4.78 is 3.86. The van der Waals surface area contributed by atoms with Gasteiger partial charge in [0.05, 0.1) is 18.4 Å². The average molecular weight is 242 g/mol. The van der Waals surface area contributed by atoms with Crippen molar-refractivity contribution < 1.29 is 0 Å². The second-order valence-corrected chi connectivity index (χ2v) is 4.08. The van der Waals surface area contributed by atoms with E-state index < -0.39 is 0 Å². The van der Waals surface area contributed by atoms with Crippen LogP contribution >= 0.6 is 0 Å². The third kappa shape index (κ3) is 1.92. The summed E-state index contributed by atoms with van der Waals surface area (Å²) in [6, 6.07) is 3.87. The highest BCUT2D eigenvalue weighted by Crippen LogP contribution is 2.17. The summed E-state index contributed by atoms with van der Waals surface area (Å²) in [7, 11) is 1.98. The van der Waals surface area contributed by atoms with Crippen molar-refractivity contribution >= 4 is 16.9 Å².